The molecule has 0 spiro atoms. The van der Waals surface area contributed by atoms with Gasteiger partial charge in [-0.25, -0.2) is 0 Å². The Morgan fingerprint density at radius 2 is 2.29 bits per heavy atom. The number of benzene rings is 1. The Bertz CT molecular complexity index is 641. The average Bonchev–Trinajstić information content (AvgIpc) is 3.27. The molecule has 1 aliphatic carbocycles. The summed E-state index contributed by atoms with van der Waals surface area (Å²) in [4.78, 5) is 14.0. The van der Waals surface area contributed by atoms with Gasteiger partial charge >= 0.3 is 0 Å². The summed E-state index contributed by atoms with van der Waals surface area (Å²) in [5.41, 5.74) is 2.29. The molecule has 0 aromatic heterocycles. The number of nitrogens with one attached hydrogen (secondary N) is 1. The summed E-state index contributed by atoms with van der Waals surface area (Å²) in [5, 5.41) is 3.49. The lowest BCUT2D eigenvalue weighted by atomic mass is 10.1. The van der Waals surface area contributed by atoms with E-state index in [1.807, 2.05) is 18.2 Å². The first-order chi connectivity index (χ1) is 10.1. The minimum absolute atomic E-state index is 0.0502. The molecule has 6 heteroatoms. The van der Waals surface area contributed by atoms with Gasteiger partial charge in [-0.3, -0.25) is 9.69 Å². The molecule has 110 valence electrons. The van der Waals surface area contributed by atoms with E-state index in [1.54, 1.807) is 18.1 Å². The quantitative estimate of drug-likeness (QED) is 0.526. The summed E-state index contributed by atoms with van der Waals surface area (Å²) in [7, 11) is 1.61. The largest absolute Gasteiger partial charge is 0.496 e. The molecule has 1 aromatic carbocycles. The van der Waals surface area contributed by atoms with Crippen LogP contribution in [-0.2, 0) is 10.7 Å². The Balaban J connectivity index is 1.88. The molecule has 0 radical (unpaired) electrons. The van der Waals surface area contributed by atoms with E-state index in [1.165, 1.54) is 0 Å². The highest BCUT2D eigenvalue weighted by molar-refractivity contribution is 7.80. The second kappa shape index (κ2) is 5.66. The molecule has 2 aliphatic rings. The number of hydrogen-bond acceptors (Lipinski definition) is 3. The van der Waals surface area contributed by atoms with Crippen LogP contribution in [0, 0.1) is 0 Å². The number of carbonyl (C=O) groups excluding carboxylic acids is 1. The van der Waals surface area contributed by atoms with Crippen LogP contribution in [-0.4, -0.2) is 29.1 Å². The second-order valence-corrected chi connectivity index (χ2v) is 5.75. The van der Waals surface area contributed by atoms with E-state index in [4.69, 9.17) is 28.6 Å². The van der Waals surface area contributed by atoms with Crippen molar-refractivity contribution in [2.24, 2.45) is 0 Å². The molecule has 1 aliphatic heterocycles. The number of ether oxygens (including phenoxy) is 1. The number of thiocarbonyl (C=S) groups is 1. The van der Waals surface area contributed by atoms with Crippen LogP contribution in [0.1, 0.15) is 24.0 Å². The van der Waals surface area contributed by atoms with Crippen molar-refractivity contribution in [3.05, 3.63) is 35.0 Å². The van der Waals surface area contributed by atoms with Crippen molar-refractivity contribution < 1.29 is 9.53 Å². The molecule has 21 heavy (non-hydrogen) atoms. The molecule has 3 rings (SSSR count). The second-order valence-electron chi connectivity index (χ2n) is 5.10. The van der Waals surface area contributed by atoms with Crippen molar-refractivity contribution in [3.63, 3.8) is 0 Å². The van der Waals surface area contributed by atoms with Gasteiger partial charge in [-0.1, -0.05) is 6.07 Å². The van der Waals surface area contributed by atoms with Gasteiger partial charge in [-0.15, -0.1) is 11.6 Å². The van der Waals surface area contributed by atoms with Gasteiger partial charge in [0.2, 0.25) is 0 Å². The summed E-state index contributed by atoms with van der Waals surface area (Å²) in [6.45, 7) is 0. The van der Waals surface area contributed by atoms with Gasteiger partial charge in [0, 0.05) is 11.6 Å². The monoisotopic (exact) mass is 322 g/mol. The van der Waals surface area contributed by atoms with Crippen molar-refractivity contribution in [1.82, 2.24) is 10.2 Å². The van der Waals surface area contributed by atoms with Crippen molar-refractivity contribution in [3.8, 4) is 5.75 Å². The fraction of sp³-hybridized carbons (Fsp3) is 0.333. The number of carbonyl (C=O) groups is 1. The van der Waals surface area contributed by atoms with Crippen molar-refractivity contribution in [2.75, 3.05) is 7.11 Å². The number of rotatable bonds is 4. The standard InChI is InChI=1S/C15H15ClN2O2S/c1-20-13-5-2-9(6-10(13)8-16)7-12-14(19)18(11-3-4-11)15(21)17-12/h2,5-7,11H,3-4,8H2,1H3,(H,17,21)/b12-7+. The molecule has 1 N–H and O–H groups in total. The fourth-order valence-electron chi connectivity index (χ4n) is 2.37. The number of methoxy groups -OCH3 is 1. The summed E-state index contributed by atoms with van der Waals surface area (Å²) in [6.07, 6.45) is 3.85. The summed E-state index contributed by atoms with van der Waals surface area (Å²) in [5.74, 6) is 1.05. The third kappa shape index (κ3) is 2.76. The fourth-order valence-corrected chi connectivity index (χ4v) is 2.92. The highest BCUT2D eigenvalue weighted by atomic mass is 35.5. The summed E-state index contributed by atoms with van der Waals surface area (Å²) < 4.78 is 5.24. The molecule has 1 aromatic rings. The van der Waals surface area contributed by atoms with Gasteiger partial charge < -0.3 is 10.1 Å². The van der Waals surface area contributed by atoms with E-state index in [0.717, 1.165) is 29.7 Å². The first-order valence-corrected chi connectivity index (χ1v) is 7.67. The van der Waals surface area contributed by atoms with E-state index in [0.29, 0.717) is 16.7 Å². The van der Waals surface area contributed by atoms with Crippen molar-refractivity contribution in [2.45, 2.75) is 24.8 Å². The maximum Gasteiger partial charge on any atom is 0.276 e. The van der Waals surface area contributed by atoms with Gasteiger partial charge in [0.05, 0.1) is 13.0 Å². The predicted octanol–water partition coefficient (Wildman–Crippen LogP) is 2.65. The van der Waals surface area contributed by atoms with E-state index in [9.17, 15) is 4.79 Å². The highest BCUT2D eigenvalue weighted by Crippen LogP contribution is 2.31. The zero-order valence-corrected chi connectivity index (χ0v) is 13.1. The van der Waals surface area contributed by atoms with E-state index in [2.05, 4.69) is 5.32 Å². The Hall–Kier alpha value is -1.59. The van der Waals surface area contributed by atoms with Crippen LogP contribution in [0.15, 0.2) is 23.9 Å². The van der Waals surface area contributed by atoms with E-state index in [-0.39, 0.29) is 11.9 Å². The average molecular weight is 323 g/mol. The minimum atomic E-state index is -0.0502. The topological polar surface area (TPSA) is 41.6 Å². The maximum absolute atomic E-state index is 12.3. The van der Waals surface area contributed by atoms with Gasteiger partial charge in [0.15, 0.2) is 5.11 Å². The lowest BCUT2D eigenvalue weighted by Crippen LogP contribution is -2.32. The summed E-state index contributed by atoms with van der Waals surface area (Å²) >= 11 is 11.1. The van der Waals surface area contributed by atoms with Crippen LogP contribution >= 0.6 is 23.8 Å². The molecule has 0 bridgehead atoms. The Morgan fingerprint density at radius 1 is 1.52 bits per heavy atom. The third-order valence-corrected chi connectivity index (χ3v) is 4.17. The predicted molar refractivity (Wildman–Crippen MR) is 86.1 cm³/mol. The number of alkyl halides is 1. The summed E-state index contributed by atoms with van der Waals surface area (Å²) in [6, 6.07) is 5.93. The Labute approximate surface area is 133 Å². The number of halogens is 1. The van der Waals surface area contributed by atoms with Crippen molar-refractivity contribution in [1.29, 1.82) is 0 Å². The van der Waals surface area contributed by atoms with Crippen LogP contribution < -0.4 is 10.1 Å². The van der Waals surface area contributed by atoms with Gasteiger partial charge in [-0.2, -0.15) is 0 Å². The number of amides is 1. The van der Waals surface area contributed by atoms with Gasteiger partial charge in [0.1, 0.15) is 11.4 Å². The SMILES string of the molecule is COc1ccc(/C=C2/NC(=S)N(C3CC3)C2=O)cc1CCl. The van der Waals surface area contributed by atoms with E-state index < -0.39 is 0 Å². The Kier molecular flexibility index (Phi) is 3.87. The molecular formula is C15H15ClN2O2S. The molecule has 1 heterocycles. The molecule has 1 saturated heterocycles. The first-order valence-electron chi connectivity index (χ1n) is 6.73. The molecule has 1 saturated carbocycles. The zero-order valence-electron chi connectivity index (χ0n) is 11.6. The van der Waals surface area contributed by atoms with Crippen LogP contribution in [0.4, 0.5) is 0 Å². The van der Waals surface area contributed by atoms with Gasteiger partial charge in [-0.05, 0) is 48.8 Å². The molecule has 0 unspecified atom stereocenters. The highest BCUT2D eigenvalue weighted by Gasteiger charge is 2.41. The van der Waals surface area contributed by atoms with Crippen LogP contribution in [0.5, 0.6) is 5.75 Å². The molecular weight excluding hydrogens is 308 g/mol. The molecule has 2 fully saturated rings. The first kappa shape index (κ1) is 14.4. The zero-order chi connectivity index (χ0) is 15.0. The smallest absolute Gasteiger partial charge is 0.276 e. The third-order valence-electron chi connectivity index (χ3n) is 3.58. The van der Waals surface area contributed by atoms with Crippen LogP contribution in [0.3, 0.4) is 0 Å². The van der Waals surface area contributed by atoms with Crippen molar-refractivity contribution >= 4 is 40.9 Å². The number of hydrogen-bond donors (Lipinski definition) is 1. The Morgan fingerprint density at radius 3 is 2.90 bits per heavy atom. The maximum atomic E-state index is 12.3. The lowest BCUT2D eigenvalue weighted by Gasteiger charge is -2.11. The van der Waals surface area contributed by atoms with Crippen LogP contribution in [0.2, 0.25) is 0 Å². The number of nitrogens with zero attached hydrogens (tertiary/aromatic N) is 1. The normalized spacial score (nSPS) is 20.1. The molecule has 4 nitrogen and oxygen atoms in total. The van der Waals surface area contributed by atoms with E-state index >= 15 is 0 Å². The van der Waals surface area contributed by atoms with Crippen LogP contribution in [0.25, 0.3) is 6.08 Å². The molecule has 1 amide bonds. The lowest BCUT2D eigenvalue weighted by molar-refractivity contribution is -0.122. The minimum Gasteiger partial charge on any atom is -0.496 e. The molecule has 0 atom stereocenters. The van der Waals surface area contributed by atoms with Gasteiger partial charge in [0.25, 0.3) is 5.91 Å².